The predicted molar refractivity (Wildman–Crippen MR) is 261 cm³/mol. The molecule has 0 heterocycles. The second-order valence-electron chi connectivity index (χ2n) is 18.5. The second kappa shape index (κ2) is 43.7. The van der Waals surface area contributed by atoms with Gasteiger partial charge < -0.3 is 28.8 Å². The number of aliphatic hydroxyl groups is 1. The number of amides is 1. The number of nitrogens with zero attached hydrogens (tertiary/aromatic N) is 1. The third-order valence-corrected chi connectivity index (χ3v) is 12.3. The number of aliphatic hydroxyl groups excluding tert-OH is 1. The first kappa shape index (κ1) is 59.5. The van der Waals surface area contributed by atoms with Gasteiger partial charge in [-0.05, 0) is 51.4 Å². The smallest absolute Gasteiger partial charge is 0.268 e. The Labute approximate surface area is 378 Å². The van der Waals surface area contributed by atoms with Crippen molar-refractivity contribution >= 4 is 13.7 Å². The van der Waals surface area contributed by atoms with Gasteiger partial charge in [0.05, 0.1) is 39.9 Å². The van der Waals surface area contributed by atoms with Gasteiger partial charge in [0.25, 0.3) is 7.82 Å². The summed E-state index contributed by atoms with van der Waals surface area (Å²) >= 11 is 0. The van der Waals surface area contributed by atoms with Crippen molar-refractivity contribution < 1.29 is 32.9 Å². The Hall–Kier alpha value is -1.54. The monoisotopic (exact) mass is 879 g/mol. The van der Waals surface area contributed by atoms with Crippen LogP contribution in [0.25, 0.3) is 0 Å². The fourth-order valence-electron chi connectivity index (χ4n) is 7.33. The Kier molecular flexibility index (Phi) is 42.6. The average Bonchev–Trinajstić information content (AvgIpc) is 3.21. The van der Waals surface area contributed by atoms with Gasteiger partial charge in [-0.2, -0.15) is 0 Å². The average molecular weight is 879 g/mol. The summed E-state index contributed by atoms with van der Waals surface area (Å²) in [4.78, 5) is 25.4. The molecule has 0 aromatic carbocycles. The Morgan fingerprint density at radius 1 is 0.590 bits per heavy atom. The summed E-state index contributed by atoms with van der Waals surface area (Å²) in [7, 11) is 1.30. The lowest BCUT2D eigenvalue weighted by molar-refractivity contribution is -0.870. The Bertz CT molecular complexity index is 1130. The van der Waals surface area contributed by atoms with E-state index in [4.69, 9.17) is 9.05 Å². The first-order chi connectivity index (χ1) is 29.5. The minimum atomic E-state index is -4.56. The van der Waals surface area contributed by atoms with Crippen molar-refractivity contribution in [2.75, 3.05) is 40.9 Å². The maximum absolute atomic E-state index is 12.9. The lowest BCUT2D eigenvalue weighted by Gasteiger charge is -2.30. The third kappa shape index (κ3) is 46.3. The standard InChI is InChI=1S/C52H99N2O6P/c1-6-8-10-12-14-16-18-20-21-22-23-24-25-26-27-28-29-30-31-32-33-34-36-38-40-42-44-46-52(56)53-50(49-60-61(57,58)59-48-47-54(3,4)5)51(55)45-43-41-39-37-35-19-17-15-13-11-9-7-2/h8,10,14,16,20-21,23-24,50-51,55H,6-7,9,11-13,15,17-19,22,25-49H2,1-5H3,(H-,53,56,57,58)/b10-8-,16-14-,21-20-,24-23-. The Morgan fingerprint density at radius 2 is 1.00 bits per heavy atom. The van der Waals surface area contributed by atoms with Crippen LogP contribution >= 0.6 is 7.82 Å². The number of rotatable bonds is 46. The highest BCUT2D eigenvalue weighted by molar-refractivity contribution is 7.45. The van der Waals surface area contributed by atoms with Crippen molar-refractivity contribution in [2.24, 2.45) is 0 Å². The van der Waals surface area contributed by atoms with E-state index in [2.05, 4.69) is 67.8 Å². The first-order valence-electron chi connectivity index (χ1n) is 25.5. The molecule has 0 radical (unpaired) electrons. The second-order valence-corrected chi connectivity index (χ2v) is 19.9. The van der Waals surface area contributed by atoms with E-state index in [9.17, 15) is 19.4 Å². The third-order valence-electron chi connectivity index (χ3n) is 11.3. The number of phosphoric acid groups is 1. The van der Waals surface area contributed by atoms with E-state index in [1.165, 1.54) is 135 Å². The van der Waals surface area contributed by atoms with Gasteiger partial charge >= 0.3 is 0 Å². The minimum Gasteiger partial charge on any atom is -0.756 e. The molecule has 61 heavy (non-hydrogen) atoms. The molecule has 0 aromatic heterocycles. The maximum atomic E-state index is 12.9. The number of likely N-dealkylation sites (N-methyl/N-ethyl adjacent to an activating group) is 1. The van der Waals surface area contributed by atoms with Crippen LogP contribution in [0.15, 0.2) is 48.6 Å². The van der Waals surface area contributed by atoms with Crippen molar-refractivity contribution in [2.45, 2.75) is 238 Å². The molecule has 2 N–H and O–H groups in total. The molecule has 3 unspecified atom stereocenters. The highest BCUT2D eigenvalue weighted by Crippen LogP contribution is 2.38. The molecule has 0 saturated heterocycles. The molecule has 0 fully saturated rings. The molecule has 3 atom stereocenters. The van der Waals surface area contributed by atoms with Crippen LogP contribution in [-0.2, 0) is 18.4 Å². The highest BCUT2D eigenvalue weighted by atomic mass is 31.2. The maximum Gasteiger partial charge on any atom is 0.268 e. The van der Waals surface area contributed by atoms with Gasteiger partial charge in [0.2, 0.25) is 5.91 Å². The van der Waals surface area contributed by atoms with Crippen LogP contribution in [0.1, 0.15) is 226 Å². The summed E-state index contributed by atoms with van der Waals surface area (Å²) < 4.78 is 23.3. The number of carbonyl (C=O) groups excluding carboxylic acids is 1. The van der Waals surface area contributed by atoms with E-state index in [0.717, 1.165) is 64.2 Å². The molecule has 0 aromatic rings. The molecule has 0 aliphatic carbocycles. The topological polar surface area (TPSA) is 108 Å². The van der Waals surface area contributed by atoms with E-state index in [1.807, 2.05) is 21.1 Å². The molecule has 358 valence electrons. The number of hydrogen-bond donors (Lipinski definition) is 2. The lowest BCUT2D eigenvalue weighted by Crippen LogP contribution is -2.46. The number of phosphoric ester groups is 1. The first-order valence-corrected chi connectivity index (χ1v) is 26.9. The van der Waals surface area contributed by atoms with Crippen molar-refractivity contribution in [3.05, 3.63) is 48.6 Å². The predicted octanol–water partition coefficient (Wildman–Crippen LogP) is 14.2. The molecule has 8 nitrogen and oxygen atoms in total. The van der Waals surface area contributed by atoms with Gasteiger partial charge in [-0.1, -0.05) is 217 Å². The molecule has 1 amide bonds. The van der Waals surface area contributed by atoms with Crippen LogP contribution in [0.3, 0.4) is 0 Å². The van der Waals surface area contributed by atoms with Crippen molar-refractivity contribution in [3.63, 3.8) is 0 Å². The number of hydrogen-bond acceptors (Lipinski definition) is 6. The van der Waals surface area contributed by atoms with Gasteiger partial charge in [0, 0.05) is 6.42 Å². The van der Waals surface area contributed by atoms with Crippen LogP contribution in [-0.4, -0.2) is 68.5 Å². The number of allylic oxidation sites excluding steroid dienone is 8. The van der Waals surface area contributed by atoms with Crippen molar-refractivity contribution in [1.29, 1.82) is 0 Å². The van der Waals surface area contributed by atoms with Gasteiger partial charge in [-0.3, -0.25) is 9.36 Å². The van der Waals surface area contributed by atoms with Crippen LogP contribution in [0, 0.1) is 0 Å². The summed E-state index contributed by atoms with van der Waals surface area (Å²) in [6, 6.07) is -0.800. The molecule has 0 aliphatic rings. The Balaban J connectivity index is 4.12. The van der Waals surface area contributed by atoms with E-state index < -0.39 is 20.0 Å². The quantitative estimate of drug-likeness (QED) is 0.0273. The fraction of sp³-hybridized carbons (Fsp3) is 0.827. The summed E-state index contributed by atoms with van der Waals surface area (Å²) in [5, 5.41) is 13.9. The molecule has 0 rings (SSSR count). The lowest BCUT2D eigenvalue weighted by atomic mass is 10.0. The molecule has 0 saturated carbocycles. The number of quaternary nitrogens is 1. The van der Waals surface area contributed by atoms with Crippen LogP contribution in [0.4, 0.5) is 0 Å². The van der Waals surface area contributed by atoms with Crippen LogP contribution in [0.5, 0.6) is 0 Å². The van der Waals surface area contributed by atoms with Crippen LogP contribution < -0.4 is 10.2 Å². The molecule has 0 aliphatic heterocycles. The van der Waals surface area contributed by atoms with Gasteiger partial charge in [-0.25, -0.2) is 0 Å². The molecule has 9 heteroatoms. The molecular formula is C52H99N2O6P. The summed E-state index contributed by atoms with van der Waals surface area (Å²) in [6.07, 6.45) is 55.6. The number of unbranched alkanes of at least 4 members (excludes halogenated alkanes) is 25. The normalized spacial score (nSPS) is 14.5. The van der Waals surface area contributed by atoms with Gasteiger partial charge in [-0.15, -0.1) is 0 Å². The summed E-state index contributed by atoms with van der Waals surface area (Å²) in [5.74, 6) is -0.167. The van der Waals surface area contributed by atoms with Crippen molar-refractivity contribution in [3.8, 4) is 0 Å². The largest absolute Gasteiger partial charge is 0.756 e. The van der Waals surface area contributed by atoms with E-state index in [0.29, 0.717) is 23.9 Å². The highest BCUT2D eigenvalue weighted by Gasteiger charge is 2.24. The number of nitrogens with one attached hydrogen (secondary N) is 1. The zero-order valence-electron chi connectivity index (χ0n) is 40.6. The van der Waals surface area contributed by atoms with Crippen molar-refractivity contribution in [1.82, 2.24) is 5.32 Å². The molecule has 0 bridgehead atoms. The molecule has 0 spiro atoms. The van der Waals surface area contributed by atoms with Crippen LogP contribution in [0.2, 0.25) is 0 Å². The molecular weight excluding hydrogens is 780 g/mol. The van der Waals surface area contributed by atoms with E-state index >= 15 is 0 Å². The van der Waals surface area contributed by atoms with E-state index in [1.54, 1.807) is 0 Å². The summed E-state index contributed by atoms with van der Waals surface area (Å²) in [6.45, 7) is 4.61. The zero-order chi connectivity index (χ0) is 45.0. The Morgan fingerprint density at radius 3 is 1.46 bits per heavy atom. The van der Waals surface area contributed by atoms with Gasteiger partial charge in [0.15, 0.2) is 0 Å². The fourth-order valence-corrected chi connectivity index (χ4v) is 8.05. The SMILES string of the molecule is CC/C=C\C/C=C\C/C=C\C/C=C\CCCCCCCCCCCCCCCCC(=O)NC(COP(=O)([O-])OCC[N+](C)(C)C)C(O)CCCCCCCCCCCCCC. The van der Waals surface area contributed by atoms with E-state index in [-0.39, 0.29) is 19.1 Å². The zero-order valence-corrected chi connectivity index (χ0v) is 41.5. The van der Waals surface area contributed by atoms with Gasteiger partial charge in [0.1, 0.15) is 13.2 Å². The summed E-state index contributed by atoms with van der Waals surface area (Å²) in [5.41, 5.74) is 0. The minimum absolute atomic E-state index is 0.0116. The number of carbonyl (C=O) groups is 1.